The van der Waals surface area contributed by atoms with Gasteiger partial charge in [0.15, 0.2) is 0 Å². The minimum Gasteiger partial charge on any atom is -0.0616 e. The van der Waals surface area contributed by atoms with E-state index in [0.29, 0.717) is 0 Å². The molecule has 0 heteroatoms. The monoisotopic (exact) mass is 359 g/mol. The second kappa shape index (κ2) is 6.97. The topological polar surface area (TPSA) is 0 Å². The summed E-state index contributed by atoms with van der Waals surface area (Å²) in [5.74, 6) is 0. The maximum absolute atomic E-state index is 2.43. The molecule has 0 nitrogen and oxygen atoms in total. The molecule has 0 amide bonds. The molecular weight excluding hydrogens is 324 g/mol. The number of fused-ring (bicyclic) bond motifs is 1. The van der Waals surface area contributed by atoms with Crippen molar-refractivity contribution in [3.05, 3.63) is 70.1 Å². The van der Waals surface area contributed by atoms with Gasteiger partial charge in [-0.3, -0.25) is 0 Å². The normalized spacial score (nSPS) is 14.3. The van der Waals surface area contributed by atoms with Crippen LogP contribution in [0.1, 0.15) is 89.6 Å². The van der Waals surface area contributed by atoms with E-state index >= 15 is 0 Å². The molecule has 27 heavy (non-hydrogen) atoms. The zero-order chi connectivity index (χ0) is 20.0. The van der Waals surface area contributed by atoms with Crippen molar-refractivity contribution in [3.8, 4) is 11.1 Å². The molecule has 0 spiro atoms. The van der Waals surface area contributed by atoms with E-state index in [1.54, 1.807) is 0 Å². The van der Waals surface area contributed by atoms with E-state index in [-0.39, 0.29) is 10.8 Å². The summed E-state index contributed by atoms with van der Waals surface area (Å²) in [6, 6.07) is 11.9. The van der Waals surface area contributed by atoms with Gasteiger partial charge in [0.2, 0.25) is 0 Å². The highest BCUT2D eigenvalue weighted by Gasteiger charge is 2.24. The Kier molecular flexibility index (Phi) is 5.14. The lowest BCUT2D eigenvalue weighted by molar-refractivity contribution is 0.569. The first kappa shape index (κ1) is 19.9. The molecule has 1 aliphatic rings. The van der Waals surface area contributed by atoms with Gasteiger partial charge in [0.25, 0.3) is 0 Å². The molecule has 2 aromatic carbocycles. The van der Waals surface area contributed by atoms with Crippen molar-refractivity contribution < 1.29 is 0 Å². The average molecular weight is 360 g/mol. The Bertz CT molecular complexity index is 847. The molecule has 0 aliphatic heterocycles. The van der Waals surface area contributed by atoms with Gasteiger partial charge < -0.3 is 0 Å². The van der Waals surface area contributed by atoms with E-state index in [1.165, 1.54) is 44.5 Å². The summed E-state index contributed by atoms with van der Waals surface area (Å²) in [7, 11) is 0. The molecule has 0 aromatic heterocycles. The van der Waals surface area contributed by atoms with Crippen LogP contribution in [0.25, 0.3) is 17.2 Å². The zero-order valence-corrected chi connectivity index (χ0v) is 18.5. The second-order valence-corrected chi connectivity index (χ2v) is 9.97. The van der Waals surface area contributed by atoms with E-state index in [2.05, 4.69) is 98.2 Å². The average Bonchev–Trinajstić information content (AvgIpc) is 3.02. The van der Waals surface area contributed by atoms with E-state index < -0.39 is 0 Å². The highest BCUT2D eigenvalue weighted by molar-refractivity contribution is 5.86. The number of hydrogen-bond donors (Lipinski definition) is 0. The zero-order valence-electron chi connectivity index (χ0n) is 18.5. The van der Waals surface area contributed by atoms with Gasteiger partial charge in [0, 0.05) is 6.42 Å². The molecule has 0 N–H and O–H groups in total. The Hall–Kier alpha value is -1.82. The van der Waals surface area contributed by atoms with Gasteiger partial charge in [0.05, 0.1) is 0 Å². The maximum atomic E-state index is 2.43. The van der Waals surface area contributed by atoms with E-state index in [1.807, 2.05) is 0 Å². The van der Waals surface area contributed by atoms with Crippen molar-refractivity contribution in [2.45, 2.75) is 79.1 Å². The third kappa shape index (κ3) is 3.91. The molecule has 2 aromatic rings. The third-order valence-corrected chi connectivity index (χ3v) is 5.78. The molecule has 0 atom stereocenters. The van der Waals surface area contributed by atoms with Crippen LogP contribution in [0.4, 0.5) is 0 Å². The van der Waals surface area contributed by atoms with Gasteiger partial charge in [-0.25, -0.2) is 0 Å². The summed E-state index contributed by atoms with van der Waals surface area (Å²) < 4.78 is 0. The predicted octanol–water partition coefficient (Wildman–Crippen LogP) is 7.87. The maximum Gasteiger partial charge on any atom is 0.0164 e. The SMILES string of the molecule is CCC1=Cc2c(ccc(CC)c2-c2cc(C(C)(C)C)cc(C(C)(C)C)c2)[CH]1. The minimum atomic E-state index is 0.136. The molecule has 0 saturated heterocycles. The Morgan fingerprint density at radius 3 is 1.81 bits per heavy atom. The van der Waals surface area contributed by atoms with Crippen LogP contribution in [-0.4, -0.2) is 0 Å². The van der Waals surface area contributed by atoms with Crippen molar-refractivity contribution in [2.75, 3.05) is 0 Å². The van der Waals surface area contributed by atoms with Crippen LogP contribution in [0.15, 0.2) is 35.9 Å². The Morgan fingerprint density at radius 1 is 0.741 bits per heavy atom. The third-order valence-electron chi connectivity index (χ3n) is 5.78. The number of allylic oxidation sites excluding steroid dienone is 1. The van der Waals surface area contributed by atoms with Crippen LogP contribution in [-0.2, 0) is 17.3 Å². The van der Waals surface area contributed by atoms with Crippen LogP contribution < -0.4 is 0 Å². The fourth-order valence-electron chi connectivity index (χ4n) is 3.87. The quantitative estimate of drug-likeness (QED) is 0.523. The molecule has 143 valence electrons. The molecule has 0 unspecified atom stereocenters. The molecule has 0 heterocycles. The molecular formula is C27H35. The van der Waals surface area contributed by atoms with Crippen molar-refractivity contribution >= 4 is 6.08 Å². The number of aryl methyl sites for hydroxylation is 1. The lowest BCUT2D eigenvalue weighted by atomic mass is 9.78. The highest BCUT2D eigenvalue weighted by atomic mass is 14.3. The summed E-state index contributed by atoms with van der Waals surface area (Å²) in [6.07, 6.45) is 6.91. The number of rotatable bonds is 3. The highest BCUT2D eigenvalue weighted by Crippen LogP contribution is 2.41. The van der Waals surface area contributed by atoms with Crippen molar-refractivity contribution in [1.29, 1.82) is 0 Å². The standard InChI is InChI=1S/C27H35/c1-9-18-13-20-12-11-19(10-2)25(24(20)14-18)21-15-22(26(3,4)5)17-23(16-21)27(6,7)8/h11-17H,9-10H2,1-8H3. The van der Waals surface area contributed by atoms with Crippen LogP contribution in [0.5, 0.6) is 0 Å². The fraction of sp³-hybridized carbons (Fsp3) is 0.444. The van der Waals surface area contributed by atoms with Gasteiger partial charge in [-0.1, -0.05) is 97.4 Å². The lowest BCUT2D eigenvalue weighted by Gasteiger charge is -2.27. The van der Waals surface area contributed by atoms with Crippen LogP contribution in [0, 0.1) is 6.42 Å². The smallest absolute Gasteiger partial charge is 0.0164 e. The molecule has 1 aliphatic carbocycles. The summed E-state index contributed by atoms with van der Waals surface area (Å²) in [5.41, 5.74) is 11.6. The molecule has 0 saturated carbocycles. The Balaban J connectivity index is 2.32. The van der Waals surface area contributed by atoms with Crippen LogP contribution in [0.3, 0.4) is 0 Å². The Labute approximate surface area is 166 Å². The molecule has 1 radical (unpaired) electrons. The van der Waals surface area contributed by atoms with Gasteiger partial charge in [-0.05, 0) is 62.6 Å². The first-order valence-corrected chi connectivity index (χ1v) is 10.4. The predicted molar refractivity (Wildman–Crippen MR) is 120 cm³/mol. The van der Waals surface area contributed by atoms with Gasteiger partial charge in [0.1, 0.15) is 0 Å². The fourth-order valence-corrected chi connectivity index (χ4v) is 3.87. The number of benzene rings is 2. The summed E-state index contributed by atoms with van der Waals surface area (Å²) >= 11 is 0. The first-order valence-electron chi connectivity index (χ1n) is 10.4. The summed E-state index contributed by atoms with van der Waals surface area (Å²) in [4.78, 5) is 0. The lowest BCUT2D eigenvalue weighted by Crippen LogP contribution is -2.16. The summed E-state index contributed by atoms with van der Waals surface area (Å²) in [5, 5.41) is 0. The second-order valence-electron chi connectivity index (χ2n) is 9.97. The van der Waals surface area contributed by atoms with Crippen LogP contribution >= 0.6 is 0 Å². The van der Waals surface area contributed by atoms with Gasteiger partial charge in [-0.15, -0.1) is 0 Å². The van der Waals surface area contributed by atoms with Crippen LogP contribution in [0.2, 0.25) is 0 Å². The van der Waals surface area contributed by atoms with Crippen molar-refractivity contribution in [3.63, 3.8) is 0 Å². The molecule has 0 bridgehead atoms. The number of hydrogen-bond acceptors (Lipinski definition) is 0. The van der Waals surface area contributed by atoms with Crippen molar-refractivity contribution in [2.24, 2.45) is 0 Å². The van der Waals surface area contributed by atoms with E-state index in [0.717, 1.165) is 12.8 Å². The molecule has 3 rings (SSSR count). The van der Waals surface area contributed by atoms with E-state index in [9.17, 15) is 0 Å². The van der Waals surface area contributed by atoms with E-state index in [4.69, 9.17) is 0 Å². The summed E-state index contributed by atoms with van der Waals surface area (Å²) in [6.45, 7) is 18.4. The molecule has 0 fully saturated rings. The first-order chi connectivity index (χ1) is 12.5. The van der Waals surface area contributed by atoms with Gasteiger partial charge >= 0.3 is 0 Å². The largest absolute Gasteiger partial charge is 0.0616 e. The van der Waals surface area contributed by atoms with Crippen molar-refractivity contribution in [1.82, 2.24) is 0 Å². The van der Waals surface area contributed by atoms with Gasteiger partial charge in [-0.2, -0.15) is 0 Å². The minimum absolute atomic E-state index is 0.136. The Morgan fingerprint density at radius 2 is 1.33 bits per heavy atom.